The zero-order chi connectivity index (χ0) is 26.2. The van der Waals surface area contributed by atoms with Crippen molar-refractivity contribution in [2.45, 2.75) is 40.2 Å². The molecule has 0 amide bonds. The number of benzene rings is 4. The predicted octanol–water partition coefficient (Wildman–Crippen LogP) is 8.00. The number of rotatable bonds is 6. The lowest BCUT2D eigenvalue weighted by Gasteiger charge is -2.11. The second-order valence-electron chi connectivity index (χ2n) is 9.82. The van der Waals surface area contributed by atoms with E-state index in [-0.39, 0.29) is 0 Å². The number of hydrogen-bond acceptors (Lipinski definition) is 4. The van der Waals surface area contributed by atoms with Gasteiger partial charge in [0.1, 0.15) is 11.3 Å². The van der Waals surface area contributed by atoms with Crippen molar-refractivity contribution in [1.29, 1.82) is 5.26 Å². The maximum Gasteiger partial charge on any atom is 0.227 e. The Hall–Kier alpha value is -4.69. The molecule has 0 N–H and O–H groups in total. The molecule has 0 saturated heterocycles. The molecule has 0 spiro atoms. The number of fused-ring (bicyclic) bond motifs is 2. The van der Waals surface area contributed by atoms with Crippen LogP contribution in [-0.4, -0.2) is 14.5 Å². The second-order valence-corrected chi connectivity index (χ2v) is 9.82. The van der Waals surface area contributed by atoms with Crippen LogP contribution in [0, 0.1) is 25.2 Å². The van der Waals surface area contributed by atoms with Crippen LogP contribution >= 0.6 is 0 Å². The molecule has 5 heteroatoms. The van der Waals surface area contributed by atoms with E-state index in [1.54, 1.807) is 0 Å². The minimum Gasteiger partial charge on any atom is -0.436 e. The molecule has 0 aliphatic heterocycles. The van der Waals surface area contributed by atoms with Crippen LogP contribution in [0.2, 0.25) is 0 Å². The van der Waals surface area contributed by atoms with E-state index >= 15 is 0 Å². The summed E-state index contributed by atoms with van der Waals surface area (Å²) in [6.45, 7) is 7.04. The highest BCUT2D eigenvalue weighted by molar-refractivity contribution is 5.86. The second kappa shape index (κ2) is 9.64. The fourth-order valence-electron chi connectivity index (χ4n) is 5.17. The van der Waals surface area contributed by atoms with Crippen molar-refractivity contribution in [2.75, 3.05) is 0 Å². The minimum atomic E-state index is 0.629. The Kier molecular flexibility index (Phi) is 6.01. The van der Waals surface area contributed by atoms with E-state index < -0.39 is 0 Å². The van der Waals surface area contributed by atoms with Gasteiger partial charge in [-0.1, -0.05) is 61.5 Å². The van der Waals surface area contributed by atoms with E-state index in [0.717, 1.165) is 68.6 Å². The first kappa shape index (κ1) is 23.7. The van der Waals surface area contributed by atoms with Crippen molar-refractivity contribution in [3.05, 3.63) is 107 Å². The molecule has 0 aliphatic carbocycles. The lowest BCUT2D eigenvalue weighted by atomic mass is 9.99. The number of oxazole rings is 1. The molecular weight excluding hydrogens is 468 g/mol. The standard InChI is InChI=1S/C33H28N4O/c1-4-8-30-36-31-22(3)17-26(33-35-28-12-7-9-21(2)32(28)38-33)18-29(31)37(30)20-23-13-15-24(16-14-23)27-11-6-5-10-25(27)19-34/h5-7,9-18H,4,8,20H2,1-3H3. The minimum absolute atomic E-state index is 0.629. The lowest BCUT2D eigenvalue weighted by molar-refractivity contribution is 0.617. The maximum absolute atomic E-state index is 9.50. The molecule has 4 aromatic carbocycles. The van der Waals surface area contributed by atoms with Crippen LogP contribution in [0.3, 0.4) is 0 Å². The summed E-state index contributed by atoms with van der Waals surface area (Å²) in [5, 5.41) is 9.50. The Balaban J connectivity index is 1.42. The molecule has 0 aliphatic rings. The summed E-state index contributed by atoms with van der Waals surface area (Å²) in [6.07, 6.45) is 1.92. The molecule has 5 nitrogen and oxygen atoms in total. The van der Waals surface area contributed by atoms with Gasteiger partial charge in [0.25, 0.3) is 0 Å². The van der Waals surface area contributed by atoms with Crippen LogP contribution in [0.5, 0.6) is 0 Å². The van der Waals surface area contributed by atoms with Gasteiger partial charge in [0, 0.05) is 18.5 Å². The summed E-state index contributed by atoms with van der Waals surface area (Å²) in [4.78, 5) is 9.84. The first-order valence-corrected chi connectivity index (χ1v) is 13.0. The Morgan fingerprint density at radius 2 is 1.68 bits per heavy atom. The molecule has 186 valence electrons. The van der Waals surface area contributed by atoms with Crippen LogP contribution in [-0.2, 0) is 13.0 Å². The van der Waals surface area contributed by atoms with Crippen molar-refractivity contribution in [2.24, 2.45) is 0 Å². The van der Waals surface area contributed by atoms with Crippen LogP contribution in [0.4, 0.5) is 0 Å². The third-order valence-electron chi connectivity index (χ3n) is 7.11. The van der Waals surface area contributed by atoms with E-state index in [1.165, 1.54) is 5.56 Å². The zero-order valence-corrected chi connectivity index (χ0v) is 21.8. The van der Waals surface area contributed by atoms with Gasteiger partial charge in [0.2, 0.25) is 5.89 Å². The molecule has 0 unspecified atom stereocenters. The van der Waals surface area contributed by atoms with Gasteiger partial charge < -0.3 is 8.98 Å². The summed E-state index contributed by atoms with van der Waals surface area (Å²) in [7, 11) is 0. The van der Waals surface area contributed by atoms with Gasteiger partial charge in [0.15, 0.2) is 5.58 Å². The third-order valence-corrected chi connectivity index (χ3v) is 7.11. The van der Waals surface area contributed by atoms with Crippen LogP contribution in [0.25, 0.3) is 44.7 Å². The number of nitriles is 1. The predicted molar refractivity (Wildman–Crippen MR) is 152 cm³/mol. The molecule has 0 saturated carbocycles. The fourth-order valence-corrected chi connectivity index (χ4v) is 5.17. The van der Waals surface area contributed by atoms with Crippen LogP contribution in [0.1, 0.15) is 41.4 Å². The molecule has 2 aromatic heterocycles. The van der Waals surface area contributed by atoms with Crippen LogP contribution in [0.15, 0.2) is 83.3 Å². The SMILES string of the molecule is CCCc1nc2c(C)cc(-c3nc4cccc(C)c4o3)cc2n1Cc1ccc(-c2ccccc2C#N)cc1. The van der Waals surface area contributed by atoms with Crippen molar-refractivity contribution in [3.63, 3.8) is 0 Å². The molecule has 0 fully saturated rings. The average Bonchev–Trinajstić information content (AvgIpc) is 3.53. The molecule has 2 heterocycles. The largest absolute Gasteiger partial charge is 0.436 e. The number of hydrogen-bond donors (Lipinski definition) is 0. The number of imidazole rings is 1. The smallest absolute Gasteiger partial charge is 0.227 e. The summed E-state index contributed by atoms with van der Waals surface area (Å²) in [5.74, 6) is 1.71. The van der Waals surface area contributed by atoms with E-state index in [0.29, 0.717) is 18.0 Å². The molecule has 0 radical (unpaired) electrons. The summed E-state index contributed by atoms with van der Waals surface area (Å²) in [5.41, 5.74) is 10.8. The summed E-state index contributed by atoms with van der Waals surface area (Å²) < 4.78 is 8.53. The van der Waals surface area contributed by atoms with Crippen molar-refractivity contribution in [3.8, 4) is 28.7 Å². The molecular formula is C33H28N4O. The zero-order valence-electron chi connectivity index (χ0n) is 21.8. The quantitative estimate of drug-likeness (QED) is 0.234. The van der Waals surface area contributed by atoms with Gasteiger partial charge in [-0.05, 0) is 72.4 Å². The summed E-state index contributed by atoms with van der Waals surface area (Å²) >= 11 is 0. The van der Waals surface area contributed by atoms with Gasteiger partial charge in [-0.2, -0.15) is 5.26 Å². The van der Waals surface area contributed by atoms with E-state index in [1.807, 2.05) is 49.4 Å². The first-order chi connectivity index (χ1) is 18.6. The van der Waals surface area contributed by atoms with Crippen LogP contribution < -0.4 is 0 Å². The number of aryl methyl sites for hydroxylation is 3. The number of para-hydroxylation sites is 1. The monoisotopic (exact) mass is 496 g/mol. The summed E-state index contributed by atoms with van der Waals surface area (Å²) in [6, 6.07) is 28.8. The Morgan fingerprint density at radius 1 is 0.868 bits per heavy atom. The highest BCUT2D eigenvalue weighted by atomic mass is 16.3. The topological polar surface area (TPSA) is 67.6 Å². The van der Waals surface area contributed by atoms with E-state index in [9.17, 15) is 5.26 Å². The maximum atomic E-state index is 9.50. The van der Waals surface area contributed by atoms with Gasteiger partial charge in [0.05, 0.1) is 22.7 Å². The highest BCUT2D eigenvalue weighted by Crippen LogP contribution is 2.32. The van der Waals surface area contributed by atoms with Gasteiger partial charge in [-0.25, -0.2) is 9.97 Å². The molecule has 6 rings (SSSR count). The first-order valence-electron chi connectivity index (χ1n) is 13.0. The lowest BCUT2D eigenvalue weighted by Crippen LogP contribution is -2.05. The van der Waals surface area contributed by atoms with E-state index in [4.69, 9.17) is 14.4 Å². The van der Waals surface area contributed by atoms with Crippen molar-refractivity contribution < 1.29 is 4.42 Å². The third kappa shape index (κ3) is 4.14. The van der Waals surface area contributed by atoms with Gasteiger partial charge >= 0.3 is 0 Å². The molecule has 0 bridgehead atoms. The fraction of sp³-hybridized carbons (Fsp3) is 0.182. The van der Waals surface area contributed by atoms with Crippen molar-refractivity contribution in [1.82, 2.24) is 14.5 Å². The normalized spacial score (nSPS) is 11.3. The Bertz CT molecular complexity index is 1830. The highest BCUT2D eigenvalue weighted by Gasteiger charge is 2.17. The molecule has 0 atom stereocenters. The average molecular weight is 497 g/mol. The van der Waals surface area contributed by atoms with Crippen molar-refractivity contribution >= 4 is 22.1 Å². The number of nitrogens with zero attached hydrogens (tertiary/aromatic N) is 4. The van der Waals surface area contributed by atoms with E-state index in [2.05, 4.69) is 60.9 Å². The molecule has 6 aromatic rings. The Labute approximate surface area is 222 Å². The number of aromatic nitrogens is 3. The Morgan fingerprint density at radius 3 is 2.45 bits per heavy atom. The van der Waals surface area contributed by atoms with Gasteiger partial charge in [-0.3, -0.25) is 0 Å². The van der Waals surface area contributed by atoms with Gasteiger partial charge in [-0.15, -0.1) is 0 Å². The molecule has 38 heavy (non-hydrogen) atoms.